The fourth-order valence-corrected chi connectivity index (χ4v) is 2.92. The predicted octanol–water partition coefficient (Wildman–Crippen LogP) is 0.447. The second kappa shape index (κ2) is 14.0. The van der Waals surface area contributed by atoms with Crippen molar-refractivity contribution in [3.05, 3.63) is 0 Å². The first-order valence-corrected chi connectivity index (χ1v) is 10.6. The summed E-state index contributed by atoms with van der Waals surface area (Å²) < 4.78 is 10.5. The van der Waals surface area contributed by atoms with Crippen LogP contribution in [0.25, 0.3) is 0 Å². The maximum atomic E-state index is 13.2. The normalized spacial score (nSPS) is 13.3. The van der Waals surface area contributed by atoms with Crippen LogP contribution in [0, 0.1) is 0 Å². The van der Waals surface area contributed by atoms with Crippen molar-refractivity contribution in [3.63, 3.8) is 0 Å². The molecule has 0 rings (SSSR count). The van der Waals surface area contributed by atoms with E-state index in [9.17, 15) is 24.3 Å². The van der Waals surface area contributed by atoms with E-state index in [1.54, 1.807) is 0 Å². The molecule has 0 aliphatic rings. The molecule has 0 unspecified atom stereocenters. The van der Waals surface area contributed by atoms with E-state index < -0.39 is 29.5 Å². The van der Waals surface area contributed by atoms with Crippen molar-refractivity contribution in [2.24, 2.45) is 5.73 Å². The summed E-state index contributed by atoms with van der Waals surface area (Å²) in [5.74, 6) is -1.81. The van der Waals surface area contributed by atoms with Crippen LogP contribution in [-0.4, -0.2) is 90.2 Å². The van der Waals surface area contributed by atoms with Crippen LogP contribution >= 0.6 is 0 Å². The Morgan fingerprint density at radius 1 is 1.03 bits per heavy atom. The number of nitrogens with two attached hydrogens (primary N) is 1. The Kier molecular flexibility index (Phi) is 13.0. The van der Waals surface area contributed by atoms with Gasteiger partial charge in [-0.05, 0) is 33.1 Å². The van der Waals surface area contributed by atoms with Crippen molar-refractivity contribution < 1.29 is 33.8 Å². The van der Waals surface area contributed by atoms with Crippen LogP contribution in [0.15, 0.2) is 0 Å². The number of esters is 1. The molecule has 0 saturated heterocycles. The van der Waals surface area contributed by atoms with Gasteiger partial charge in [-0.25, -0.2) is 0 Å². The summed E-state index contributed by atoms with van der Waals surface area (Å²) in [4.78, 5) is 50.8. The van der Waals surface area contributed by atoms with Gasteiger partial charge in [0.05, 0.1) is 18.8 Å². The third-order valence-corrected chi connectivity index (χ3v) is 4.71. The summed E-state index contributed by atoms with van der Waals surface area (Å²) in [6, 6.07) is -1.98. The zero-order chi connectivity index (χ0) is 24.2. The van der Waals surface area contributed by atoms with Crippen molar-refractivity contribution in [1.82, 2.24) is 9.80 Å². The molecule has 0 aromatic heterocycles. The number of rotatable bonds is 15. The molecule has 0 radical (unpaired) electrons. The minimum absolute atomic E-state index is 0.0408. The molecule has 2 atom stereocenters. The number of likely N-dealkylation sites (N-methyl/N-ethyl adjacent to an activating group) is 2. The van der Waals surface area contributed by atoms with Gasteiger partial charge in [0.1, 0.15) is 12.1 Å². The smallest absolute Gasteiger partial charge is 0.302 e. The minimum Gasteiger partial charge on any atom is -0.466 e. The number of aliphatic hydroxyl groups is 1. The number of primary amides is 1. The molecule has 10 heteroatoms. The Morgan fingerprint density at radius 2 is 1.61 bits per heavy atom. The lowest BCUT2D eigenvalue weighted by molar-refractivity contribution is -0.150. The van der Waals surface area contributed by atoms with Crippen LogP contribution in [0.4, 0.5) is 0 Å². The van der Waals surface area contributed by atoms with Crippen LogP contribution in [-0.2, 0) is 28.7 Å². The average Bonchev–Trinajstić information content (AvgIpc) is 2.65. The molecule has 0 heterocycles. The van der Waals surface area contributed by atoms with Gasteiger partial charge in [0, 0.05) is 40.5 Å². The van der Waals surface area contributed by atoms with Crippen LogP contribution in [0.2, 0.25) is 0 Å². The Bertz CT molecular complexity index is 604. The SMILES string of the molecule is CCCC(=O)N(C)[C@H](COCCCCOC(C)=O)C(=O)N(C)[C@@H](CC(C)(C)O)C(N)=O. The third-order valence-electron chi connectivity index (χ3n) is 4.71. The Hall–Kier alpha value is -2.20. The second-order valence-corrected chi connectivity index (χ2v) is 8.28. The van der Waals surface area contributed by atoms with Gasteiger partial charge in [0.15, 0.2) is 0 Å². The van der Waals surface area contributed by atoms with E-state index in [1.165, 1.54) is 44.7 Å². The molecule has 31 heavy (non-hydrogen) atoms. The summed E-state index contributed by atoms with van der Waals surface area (Å²) in [6.07, 6.45) is 2.08. The molecule has 3 amide bonds. The number of hydrogen-bond acceptors (Lipinski definition) is 7. The molecular weight excluding hydrogens is 406 g/mol. The highest BCUT2D eigenvalue weighted by atomic mass is 16.5. The number of ether oxygens (including phenoxy) is 2. The lowest BCUT2D eigenvalue weighted by Gasteiger charge is -2.35. The molecule has 0 aromatic carbocycles. The molecule has 0 bridgehead atoms. The van der Waals surface area contributed by atoms with Gasteiger partial charge >= 0.3 is 5.97 Å². The van der Waals surface area contributed by atoms with Crippen LogP contribution in [0.1, 0.15) is 59.8 Å². The quantitative estimate of drug-likeness (QED) is 0.275. The monoisotopic (exact) mass is 445 g/mol. The van der Waals surface area contributed by atoms with E-state index in [-0.39, 0.29) is 37.9 Å². The largest absolute Gasteiger partial charge is 0.466 e. The van der Waals surface area contributed by atoms with E-state index in [2.05, 4.69) is 0 Å². The summed E-state index contributed by atoms with van der Waals surface area (Å²) in [7, 11) is 2.95. The van der Waals surface area contributed by atoms with Crippen LogP contribution < -0.4 is 5.73 Å². The Balaban J connectivity index is 5.20. The second-order valence-electron chi connectivity index (χ2n) is 8.28. The van der Waals surface area contributed by atoms with Crippen LogP contribution in [0.5, 0.6) is 0 Å². The minimum atomic E-state index is -1.22. The van der Waals surface area contributed by atoms with Crippen molar-refractivity contribution in [2.75, 3.05) is 33.9 Å². The van der Waals surface area contributed by atoms with E-state index in [4.69, 9.17) is 15.2 Å². The first-order valence-electron chi connectivity index (χ1n) is 10.6. The summed E-state index contributed by atoms with van der Waals surface area (Å²) in [5, 5.41) is 10.1. The number of amides is 3. The van der Waals surface area contributed by atoms with Gasteiger partial charge in [-0.1, -0.05) is 6.92 Å². The first kappa shape index (κ1) is 28.8. The number of carbonyl (C=O) groups is 4. The van der Waals surface area contributed by atoms with Gasteiger partial charge in [-0.15, -0.1) is 0 Å². The maximum Gasteiger partial charge on any atom is 0.302 e. The standard InChI is InChI=1S/C21H39N3O7/c1-7-10-18(26)23(5)17(14-30-11-8-9-12-31-15(2)25)20(28)24(6)16(19(22)27)13-21(3,4)29/h16-17,29H,7-14H2,1-6H3,(H2,22,27)/t16-,17+/m0/s1. The zero-order valence-electron chi connectivity index (χ0n) is 19.7. The third kappa shape index (κ3) is 11.7. The molecule has 0 aromatic rings. The van der Waals surface area contributed by atoms with Crippen molar-refractivity contribution >= 4 is 23.7 Å². The molecule has 0 fully saturated rings. The van der Waals surface area contributed by atoms with Gasteiger partial charge in [0.25, 0.3) is 0 Å². The lowest BCUT2D eigenvalue weighted by atomic mass is 9.97. The zero-order valence-corrected chi connectivity index (χ0v) is 19.7. The van der Waals surface area contributed by atoms with E-state index >= 15 is 0 Å². The molecule has 3 N–H and O–H groups in total. The van der Waals surface area contributed by atoms with Gasteiger partial charge < -0.3 is 30.1 Å². The van der Waals surface area contributed by atoms with E-state index in [0.717, 1.165) is 0 Å². The van der Waals surface area contributed by atoms with Crippen molar-refractivity contribution in [3.8, 4) is 0 Å². The fourth-order valence-electron chi connectivity index (χ4n) is 2.92. The van der Waals surface area contributed by atoms with Gasteiger partial charge in [-0.2, -0.15) is 0 Å². The molecule has 0 saturated carbocycles. The number of carbonyl (C=O) groups excluding carboxylic acids is 4. The highest BCUT2D eigenvalue weighted by molar-refractivity contribution is 5.91. The Morgan fingerprint density at radius 3 is 2.10 bits per heavy atom. The van der Waals surface area contributed by atoms with Crippen LogP contribution in [0.3, 0.4) is 0 Å². The summed E-state index contributed by atoms with van der Waals surface area (Å²) in [5.41, 5.74) is 4.25. The molecule has 10 nitrogen and oxygen atoms in total. The van der Waals surface area contributed by atoms with Crippen molar-refractivity contribution in [1.29, 1.82) is 0 Å². The first-order chi connectivity index (χ1) is 14.3. The van der Waals surface area contributed by atoms with E-state index in [0.29, 0.717) is 25.9 Å². The maximum absolute atomic E-state index is 13.2. The number of hydrogen-bond donors (Lipinski definition) is 2. The summed E-state index contributed by atoms with van der Waals surface area (Å²) >= 11 is 0. The Labute approximate surface area is 185 Å². The lowest BCUT2D eigenvalue weighted by Crippen LogP contribution is -2.56. The molecular formula is C21H39N3O7. The average molecular weight is 446 g/mol. The predicted molar refractivity (Wildman–Crippen MR) is 115 cm³/mol. The number of unbranched alkanes of at least 4 members (excludes halogenated alkanes) is 1. The fraction of sp³-hybridized carbons (Fsp3) is 0.810. The highest BCUT2D eigenvalue weighted by Crippen LogP contribution is 2.17. The van der Waals surface area contributed by atoms with Crippen molar-refractivity contribution in [2.45, 2.75) is 77.5 Å². The van der Waals surface area contributed by atoms with E-state index in [1.807, 2.05) is 6.92 Å². The number of nitrogens with zero attached hydrogens (tertiary/aromatic N) is 2. The molecule has 0 aliphatic carbocycles. The van der Waals surface area contributed by atoms with Gasteiger partial charge in [0.2, 0.25) is 17.7 Å². The highest BCUT2D eigenvalue weighted by Gasteiger charge is 2.36. The van der Waals surface area contributed by atoms with Gasteiger partial charge in [-0.3, -0.25) is 19.2 Å². The molecule has 0 spiro atoms. The molecule has 0 aliphatic heterocycles. The topological polar surface area (TPSA) is 139 Å². The summed E-state index contributed by atoms with van der Waals surface area (Å²) in [6.45, 7) is 6.79. The molecule has 180 valence electrons.